The Hall–Kier alpha value is -0.740. The number of thiophene rings is 1. The molecule has 0 saturated heterocycles. The van der Waals surface area contributed by atoms with E-state index in [1.165, 1.54) is 11.3 Å². The van der Waals surface area contributed by atoms with E-state index in [9.17, 15) is 5.11 Å². The first-order valence-electron chi connectivity index (χ1n) is 5.03. The maximum absolute atomic E-state index is 10.1. The van der Waals surface area contributed by atoms with Crippen molar-refractivity contribution in [1.29, 1.82) is 0 Å². The van der Waals surface area contributed by atoms with Gasteiger partial charge in [0, 0.05) is 27.6 Å². The number of aliphatic hydroxyl groups is 1. The van der Waals surface area contributed by atoms with E-state index in [1.807, 2.05) is 12.1 Å². The topological polar surface area (TPSA) is 46.2 Å². The van der Waals surface area contributed by atoms with Gasteiger partial charge in [0.25, 0.3) is 0 Å². The standard InChI is InChI=1S/C12H11Cl2NOS/c13-7-1-3-9(10(15)5-7)11(16)6-8-2-4-12(14)17-8/h1-5,11,16H,6,15H2. The van der Waals surface area contributed by atoms with Gasteiger partial charge in [-0.05, 0) is 24.3 Å². The summed E-state index contributed by atoms with van der Waals surface area (Å²) in [7, 11) is 0. The molecule has 90 valence electrons. The Morgan fingerprint density at radius 1 is 1.24 bits per heavy atom. The SMILES string of the molecule is Nc1cc(Cl)ccc1C(O)Cc1ccc(Cl)s1. The molecule has 1 aromatic carbocycles. The lowest BCUT2D eigenvalue weighted by atomic mass is 10.0. The number of nitrogen functional groups attached to an aromatic ring is 1. The Morgan fingerprint density at radius 2 is 2.00 bits per heavy atom. The molecular formula is C12H11Cl2NOS. The zero-order chi connectivity index (χ0) is 12.4. The molecule has 1 atom stereocenters. The number of aliphatic hydroxyl groups excluding tert-OH is 1. The van der Waals surface area contributed by atoms with Crippen molar-refractivity contribution < 1.29 is 5.11 Å². The molecule has 2 rings (SSSR count). The van der Waals surface area contributed by atoms with E-state index in [2.05, 4.69) is 0 Å². The van der Waals surface area contributed by atoms with Gasteiger partial charge in [0.05, 0.1) is 10.4 Å². The van der Waals surface area contributed by atoms with Crippen LogP contribution in [0.2, 0.25) is 9.36 Å². The van der Waals surface area contributed by atoms with E-state index in [4.69, 9.17) is 28.9 Å². The van der Waals surface area contributed by atoms with Crippen LogP contribution in [0, 0.1) is 0 Å². The number of benzene rings is 1. The number of hydrogen-bond donors (Lipinski definition) is 2. The first-order valence-corrected chi connectivity index (χ1v) is 6.60. The van der Waals surface area contributed by atoms with Crippen LogP contribution in [0.1, 0.15) is 16.5 Å². The van der Waals surface area contributed by atoms with Gasteiger partial charge in [0.2, 0.25) is 0 Å². The van der Waals surface area contributed by atoms with Crippen LogP contribution in [-0.2, 0) is 6.42 Å². The van der Waals surface area contributed by atoms with Crippen LogP contribution < -0.4 is 5.73 Å². The van der Waals surface area contributed by atoms with Crippen molar-refractivity contribution in [2.24, 2.45) is 0 Å². The zero-order valence-electron chi connectivity index (χ0n) is 8.86. The molecule has 5 heteroatoms. The molecule has 0 radical (unpaired) electrons. The molecule has 0 fully saturated rings. The van der Waals surface area contributed by atoms with Crippen LogP contribution in [-0.4, -0.2) is 5.11 Å². The lowest BCUT2D eigenvalue weighted by Gasteiger charge is -2.12. The first kappa shape index (κ1) is 12.7. The van der Waals surface area contributed by atoms with Crippen LogP contribution in [0.15, 0.2) is 30.3 Å². The van der Waals surface area contributed by atoms with Gasteiger partial charge in [0.15, 0.2) is 0 Å². The van der Waals surface area contributed by atoms with Gasteiger partial charge < -0.3 is 10.8 Å². The molecule has 17 heavy (non-hydrogen) atoms. The van der Waals surface area contributed by atoms with Crippen LogP contribution in [0.3, 0.4) is 0 Å². The number of nitrogens with two attached hydrogens (primary N) is 1. The van der Waals surface area contributed by atoms with Crippen molar-refractivity contribution in [3.05, 3.63) is 50.1 Å². The maximum Gasteiger partial charge on any atom is 0.0931 e. The molecule has 1 heterocycles. The Balaban J connectivity index is 2.17. The second-order valence-electron chi connectivity index (χ2n) is 3.70. The van der Waals surface area contributed by atoms with Crippen molar-refractivity contribution in [3.63, 3.8) is 0 Å². The van der Waals surface area contributed by atoms with Gasteiger partial charge in [-0.25, -0.2) is 0 Å². The molecule has 2 aromatic rings. The van der Waals surface area contributed by atoms with Gasteiger partial charge in [-0.3, -0.25) is 0 Å². The highest BCUT2D eigenvalue weighted by Gasteiger charge is 2.13. The zero-order valence-corrected chi connectivity index (χ0v) is 11.2. The highest BCUT2D eigenvalue weighted by atomic mass is 35.5. The molecular weight excluding hydrogens is 277 g/mol. The third kappa shape index (κ3) is 3.13. The second kappa shape index (κ2) is 5.27. The molecule has 0 aliphatic heterocycles. The van der Waals surface area contributed by atoms with Gasteiger partial charge >= 0.3 is 0 Å². The number of rotatable bonds is 3. The Bertz CT molecular complexity index is 527. The summed E-state index contributed by atoms with van der Waals surface area (Å²) in [4.78, 5) is 1.02. The van der Waals surface area contributed by atoms with Gasteiger partial charge in [-0.15, -0.1) is 11.3 Å². The van der Waals surface area contributed by atoms with Crippen molar-refractivity contribution >= 4 is 40.2 Å². The number of halogens is 2. The molecule has 1 aromatic heterocycles. The van der Waals surface area contributed by atoms with E-state index in [0.717, 1.165) is 9.21 Å². The highest BCUT2D eigenvalue weighted by Crippen LogP contribution is 2.29. The molecule has 0 bridgehead atoms. The minimum absolute atomic E-state index is 0.503. The van der Waals surface area contributed by atoms with Crippen LogP contribution in [0.4, 0.5) is 5.69 Å². The van der Waals surface area contributed by atoms with Gasteiger partial charge in [-0.2, -0.15) is 0 Å². The van der Waals surface area contributed by atoms with Crippen molar-refractivity contribution in [2.45, 2.75) is 12.5 Å². The molecule has 0 spiro atoms. The van der Waals surface area contributed by atoms with Crippen molar-refractivity contribution in [1.82, 2.24) is 0 Å². The smallest absolute Gasteiger partial charge is 0.0931 e. The normalized spacial score (nSPS) is 12.6. The monoisotopic (exact) mass is 287 g/mol. The first-order chi connectivity index (χ1) is 8.06. The van der Waals surface area contributed by atoms with Crippen LogP contribution in [0.5, 0.6) is 0 Å². The summed E-state index contributed by atoms with van der Waals surface area (Å²) in [5, 5.41) is 10.7. The van der Waals surface area contributed by atoms with E-state index in [0.29, 0.717) is 22.7 Å². The summed E-state index contributed by atoms with van der Waals surface area (Å²) in [6.45, 7) is 0. The van der Waals surface area contributed by atoms with E-state index in [1.54, 1.807) is 18.2 Å². The summed E-state index contributed by atoms with van der Waals surface area (Å²) in [6, 6.07) is 8.83. The van der Waals surface area contributed by atoms with Gasteiger partial charge in [0.1, 0.15) is 0 Å². The van der Waals surface area contributed by atoms with Crippen molar-refractivity contribution in [2.75, 3.05) is 5.73 Å². The minimum atomic E-state index is -0.637. The van der Waals surface area contributed by atoms with Gasteiger partial charge in [-0.1, -0.05) is 29.3 Å². The van der Waals surface area contributed by atoms with E-state index >= 15 is 0 Å². The molecule has 0 aliphatic carbocycles. The predicted octanol–water partition coefficient (Wildman–Crippen LogP) is 3.91. The summed E-state index contributed by atoms with van der Waals surface area (Å²) in [5.41, 5.74) is 7.01. The molecule has 2 nitrogen and oxygen atoms in total. The molecule has 0 amide bonds. The fraction of sp³-hybridized carbons (Fsp3) is 0.167. The summed E-state index contributed by atoms with van der Waals surface area (Å²) >= 11 is 13.1. The highest BCUT2D eigenvalue weighted by molar-refractivity contribution is 7.16. The Morgan fingerprint density at radius 3 is 2.59 bits per heavy atom. The molecule has 0 aliphatic rings. The average Bonchev–Trinajstić information content (AvgIpc) is 2.63. The summed E-state index contributed by atoms with van der Waals surface area (Å²) in [6.07, 6.45) is -0.134. The summed E-state index contributed by atoms with van der Waals surface area (Å²) in [5.74, 6) is 0. The quantitative estimate of drug-likeness (QED) is 0.841. The number of hydrogen-bond acceptors (Lipinski definition) is 3. The largest absolute Gasteiger partial charge is 0.398 e. The van der Waals surface area contributed by atoms with E-state index in [-0.39, 0.29) is 0 Å². The van der Waals surface area contributed by atoms with E-state index < -0.39 is 6.10 Å². The lowest BCUT2D eigenvalue weighted by Crippen LogP contribution is -2.04. The molecule has 3 N–H and O–H groups in total. The average molecular weight is 288 g/mol. The fourth-order valence-electron chi connectivity index (χ4n) is 1.61. The summed E-state index contributed by atoms with van der Waals surface area (Å²) < 4.78 is 0.719. The third-order valence-corrected chi connectivity index (χ3v) is 3.92. The minimum Gasteiger partial charge on any atom is -0.398 e. The Kier molecular flexibility index (Phi) is 3.94. The maximum atomic E-state index is 10.1. The fourth-order valence-corrected chi connectivity index (χ4v) is 2.92. The van der Waals surface area contributed by atoms with Crippen LogP contribution in [0.25, 0.3) is 0 Å². The molecule has 0 saturated carbocycles. The number of anilines is 1. The lowest BCUT2D eigenvalue weighted by molar-refractivity contribution is 0.180. The predicted molar refractivity (Wildman–Crippen MR) is 73.9 cm³/mol. The van der Waals surface area contributed by atoms with Crippen molar-refractivity contribution in [3.8, 4) is 0 Å². The molecule has 1 unspecified atom stereocenters. The Labute approximate surface area is 114 Å². The second-order valence-corrected chi connectivity index (χ2v) is 5.94. The third-order valence-electron chi connectivity index (χ3n) is 2.43. The van der Waals surface area contributed by atoms with Crippen LogP contribution >= 0.6 is 34.5 Å².